The third-order valence-electron chi connectivity index (χ3n) is 5.81. The summed E-state index contributed by atoms with van der Waals surface area (Å²) in [7, 11) is 0. The summed E-state index contributed by atoms with van der Waals surface area (Å²) in [6, 6.07) is 6.39. The predicted molar refractivity (Wildman–Crippen MR) is 115 cm³/mol. The highest BCUT2D eigenvalue weighted by molar-refractivity contribution is 5.98. The van der Waals surface area contributed by atoms with Crippen molar-refractivity contribution in [3.63, 3.8) is 0 Å². The lowest BCUT2D eigenvalue weighted by molar-refractivity contribution is 0.0948. The molecular weight excluding hydrogens is 348 g/mol. The van der Waals surface area contributed by atoms with Crippen LogP contribution in [-0.2, 0) is 6.42 Å². The van der Waals surface area contributed by atoms with E-state index in [-0.39, 0.29) is 5.91 Å². The fraction of sp³-hybridized carbons (Fsp3) is 0.522. The smallest absolute Gasteiger partial charge is 0.252 e. The number of guanidine groups is 1. The van der Waals surface area contributed by atoms with Gasteiger partial charge in [0.05, 0.1) is 0 Å². The van der Waals surface area contributed by atoms with E-state index in [0.717, 1.165) is 75.2 Å². The molecule has 1 heterocycles. The molecule has 1 fully saturated rings. The van der Waals surface area contributed by atoms with Crippen molar-refractivity contribution < 1.29 is 4.79 Å². The Morgan fingerprint density at radius 3 is 3.04 bits per heavy atom. The van der Waals surface area contributed by atoms with Crippen LogP contribution in [0.1, 0.15) is 60.5 Å². The number of aliphatic imine (C=N–C) groups is 2. The van der Waals surface area contributed by atoms with Crippen LogP contribution in [0.4, 0.5) is 0 Å². The predicted octanol–water partition coefficient (Wildman–Crippen LogP) is 3.70. The number of nitrogens with zero attached hydrogens (tertiary/aromatic N) is 3. The molecule has 0 bridgehead atoms. The summed E-state index contributed by atoms with van der Waals surface area (Å²) in [5.74, 6) is 1.52. The van der Waals surface area contributed by atoms with Crippen LogP contribution in [0.25, 0.3) is 6.08 Å². The van der Waals surface area contributed by atoms with Gasteiger partial charge in [-0.2, -0.15) is 0 Å². The molecule has 1 saturated carbocycles. The van der Waals surface area contributed by atoms with E-state index in [1.807, 2.05) is 18.3 Å². The van der Waals surface area contributed by atoms with Gasteiger partial charge in [0.1, 0.15) is 0 Å². The summed E-state index contributed by atoms with van der Waals surface area (Å²) in [4.78, 5) is 24.1. The lowest BCUT2D eigenvalue weighted by Crippen LogP contribution is -2.34. The van der Waals surface area contributed by atoms with Crippen molar-refractivity contribution in [2.75, 3.05) is 19.6 Å². The Bertz CT molecular complexity index is 811. The molecule has 1 N–H and O–H groups in total. The molecule has 1 aromatic rings. The van der Waals surface area contributed by atoms with Gasteiger partial charge in [-0.25, -0.2) is 4.99 Å². The second kappa shape index (κ2) is 8.72. The normalized spacial score (nSPS) is 22.4. The molecule has 2 aliphatic carbocycles. The van der Waals surface area contributed by atoms with Gasteiger partial charge < -0.3 is 10.2 Å². The molecule has 0 radical (unpaired) electrons. The number of carbonyl (C=O) groups is 1. The molecule has 148 valence electrons. The molecule has 1 amide bonds. The number of hydrogen-bond donors (Lipinski definition) is 1. The first-order chi connectivity index (χ1) is 13.8. The minimum atomic E-state index is 0.0718. The minimum Gasteiger partial charge on any atom is -0.349 e. The molecule has 1 aliphatic heterocycles. The summed E-state index contributed by atoms with van der Waals surface area (Å²) in [6.07, 6.45) is 12.5. The van der Waals surface area contributed by atoms with Crippen LogP contribution in [0.2, 0.25) is 0 Å². The zero-order valence-electron chi connectivity index (χ0n) is 16.7. The molecule has 3 aliphatic rings. The number of hydrogen-bond acceptors (Lipinski definition) is 4. The minimum absolute atomic E-state index is 0.0718. The van der Waals surface area contributed by atoms with Crippen LogP contribution in [0.5, 0.6) is 0 Å². The zero-order chi connectivity index (χ0) is 19.3. The fourth-order valence-corrected chi connectivity index (χ4v) is 4.15. The number of nitrogens with one attached hydrogen (secondary N) is 1. The maximum absolute atomic E-state index is 12.8. The number of benzene rings is 1. The Kier molecular flexibility index (Phi) is 5.89. The summed E-state index contributed by atoms with van der Waals surface area (Å²) in [5, 5.41) is 3.25. The highest BCUT2D eigenvalue weighted by atomic mass is 16.1. The third-order valence-corrected chi connectivity index (χ3v) is 5.81. The van der Waals surface area contributed by atoms with E-state index in [9.17, 15) is 4.79 Å². The number of allylic oxidation sites excluding steroid dienone is 1. The van der Waals surface area contributed by atoms with Crippen molar-refractivity contribution >= 4 is 24.2 Å². The lowest BCUT2D eigenvalue weighted by atomic mass is 9.93. The Labute approximate surface area is 167 Å². The molecule has 0 saturated heterocycles. The average molecular weight is 379 g/mol. The summed E-state index contributed by atoms with van der Waals surface area (Å²) < 4.78 is 0. The van der Waals surface area contributed by atoms with Crippen LogP contribution >= 0.6 is 0 Å². The first kappa shape index (κ1) is 18.9. The monoisotopic (exact) mass is 378 g/mol. The van der Waals surface area contributed by atoms with Crippen molar-refractivity contribution in [3.8, 4) is 0 Å². The van der Waals surface area contributed by atoms with Crippen LogP contribution < -0.4 is 5.32 Å². The Balaban J connectivity index is 1.30. The molecule has 0 aromatic heterocycles. The van der Waals surface area contributed by atoms with E-state index in [2.05, 4.69) is 45.3 Å². The number of rotatable bonds is 7. The van der Waals surface area contributed by atoms with Crippen LogP contribution in [0, 0.1) is 5.92 Å². The second-order valence-corrected chi connectivity index (χ2v) is 7.95. The number of fused-ring (bicyclic) bond motifs is 1. The van der Waals surface area contributed by atoms with E-state index in [4.69, 9.17) is 0 Å². The summed E-state index contributed by atoms with van der Waals surface area (Å²) in [6.45, 7) is 4.99. The molecular formula is C23H30N4O. The Morgan fingerprint density at radius 2 is 2.21 bits per heavy atom. The third kappa shape index (κ3) is 4.34. The van der Waals surface area contributed by atoms with Crippen molar-refractivity contribution in [2.45, 2.75) is 51.5 Å². The first-order valence-corrected chi connectivity index (χ1v) is 10.7. The molecule has 5 nitrogen and oxygen atoms in total. The van der Waals surface area contributed by atoms with Crippen molar-refractivity contribution in [1.29, 1.82) is 0 Å². The number of amides is 1. The topological polar surface area (TPSA) is 57.1 Å². The number of aryl methyl sites for hydroxylation is 1. The standard InChI is InChI=1S/C23H30N4O/c1-2-14-27(23-24-12-6-13-25-23)15-11-18-16-21(18)26-22(28)20-10-5-8-17-7-3-4-9-19(17)20/h4-5,8-10,12,18,21H,2-3,6-7,11,13-16H2,1H3,(H,26,28). The first-order valence-electron chi connectivity index (χ1n) is 10.7. The SMILES string of the molecule is CCCN(CCC1CC1NC(=O)c1cccc2c1C=CCC2)C1=NCCC=N1. The lowest BCUT2D eigenvalue weighted by Gasteiger charge is -2.24. The molecule has 5 heteroatoms. The molecule has 2 atom stereocenters. The highest BCUT2D eigenvalue weighted by Crippen LogP contribution is 2.34. The molecule has 0 spiro atoms. The quantitative estimate of drug-likeness (QED) is 0.787. The maximum atomic E-state index is 12.8. The maximum Gasteiger partial charge on any atom is 0.252 e. The summed E-state index contributed by atoms with van der Waals surface area (Å²) in [5.41, 5.74) is 3.20. The molecule has 1 aromatic carbocycles. The second-order valence-electron chi connectivity index (χ2n) is 7.95. The van der Waals surface area contributed by atoms with Gasteiger partial charge in [-0.05, 0) is 55.2 Å². The van der Waals surface area contributed by atoms with Crippen molar-refractivity contribution in [3.05, 3.63) is 41.0 Å². The molecule has 28 heavy (non-hydrogen) atoms. The van der Waals surface area contributed by atoms with Gasteiger partial charge in [-0.1, -0.05) is 31.2 Å². The van der Waals surface area contributed by atoms with Gasteiger partial charge in [-0.15, -0.1) is 0 Å². The van der Waals surface area contributed by atoms with E-state index in [1.165, 1.54) is 5.56 Å². The number of carbonyl (C=O) groups excluding carboxylic acids is 1. The molecule has 4 rings (SSSR count). The Hall–Kier alpha value is -2.43. The van der Waals surface area contributed by atoms with Gasteiger partial charge >= 0.3 is 0 Å². The van der Waals surface area contributed by atoms with Crippen LogP contribution in [0.15, 0.2) is 34.3 Å². The van der Waals surface area contributed by atoms with Gasteiger partial charge in [0.2, 0.25) is 5.96 Å². The zero-order valence-corrected chi connectivity index (χ0v) is 16.7. The van der Waals surface area contributed by atoms with E-state index >= 15 is 0 Å². The van der Waals surface area contributed by atoms with Gasteiger partial charge in [0.15, 0.2) is 0 Å². The van der Waals surface area contributed by atoms with Gasteiger partial charge in [0.25, 0.3) is 5.91 Å². The van der Waals surface area contributed by atoms with E-state index < -0.39 is 0 Å². The van der Waals surface area contributed by atoms with Crippen molar-refractivity contribution in [2.24, 2.45) is 15.9 Å². The van der Waals surface area contributed by atoms with Gasteiger partial charge in [0, 0.05) is 43.9 Å². The Morgan fingerprint density at radius 1 is 1.29 bits per heavy atom. The molecule has 2 unspecified atom stereocenters. The highest BCUT2D eigenvalue weighted by Gasteiger charge is 2.38. The van der Waals surface area contributed by atoms with E-state index in [1.54, 1.807) is 0 Å². The average Bonchev–Trinajstić information content (AvgIpc) is 3.48. The van der Waals surface area contributed by atoms with E-state index in [0.29, 0.717) is 12.0 Å². The van der Waals surface area contributed by atoms with Crippen LogP contribution in [-0.4, -0.2) is 48.7 Å². The fourth-order valence-electron chi connectivity index (χ4n) is 4.15. The van der Waals surface area contributed by atoms with Gasteiger partial charge in [-0.3, -0.25) is 9.79 Å². The van der Waals surface area contributed by atoms with Crippen LogP contribution in [0.3, 0.4) is 0 Å². The van der Waals surface area contributed by atoms with Crippen molar-refractivity contribution in [1.82, 2.24) is 10.2 Å². The largest absolute Gasteiger partial charge is 0.349 e. The summed E-state index contributed by atoms with van der Waals surface area (Å²) >= 11 is 0.